The number of nitrogens with one attached hydrogen (secondary N) is 3. The molecule has 0 radical (unpaired) electrons. The van der Waals surface area contributed by atoms with Gasteiger partial charge in [0.1, 0.15) is 5.75 Å². The summed E-state index contributed by atoms with van der Waals surface area (Å²) < 4.78 is 0. The average molecular weight is 327 g/mol. The molecule has 1 heterocycles. The molecule has 0 saturated carbocycles. The van der Waals surface area contributed by atoms with Crippen LogP contribution >= 0.6 is 11.8 Å². The molecule has 0 aliphatic rings. The fourth-order valence-corrected chi connectivity index (χ4v) is 2.69. The zero-order valence-electron chi connectivity index (χ0n) is 12.1. The quantitative estimate of drug-likeness (QED) is 0.380. The van der Waals surface area contributed by atoms with Crippen molar-refractivity contribution in [2.45, 2.75) is 5.16 Å². The summed E-state index contributed by atoms with van der Waals surface area (Å²) in [6, 6.07) is 14.6. The first-order valence-electron chi connectivity index (χ1n) is 6.95. The normalized spacial score (nSPS) is 11.1. The molecule has 1 aromatic heterocycles. The van der Waals surface area contributed by atoms with E-state index in [-0.39, 0.29) is 17.4 Å². The van der Waals surface area contributed by atoms with E-state index in [1.807, 2.05) is 24.3 Å². The van der Waals surface area contributed by atoms with Gasteiger partial charge in [-0.25, -0.2) is 15.4 Å². The Morgan fingerprint density at radius 2 is 2.04 bits per heavy atom. The Kier molecular flexibility index (Phi) is 4.58. The molecule has 3 rings (SSSR count). The fourth-order valence-electron chi connectivity index (χ4n) is 1.99. The van der Waals surface area contributed by atoms with E-state index in [4.69, 9.17) is 0 Å². The van der Waals surface area contributed by atoms with Crippen molar-refractivity contribution in [2.75, 3.05) is 5.75 Å². The minimum Gasteiger partial charge on any atom is -0.507 e. The summed E-state index contributed by atoms with van der Waals surface area (Å²) in [6.45, 7) is 0. The lowest BCUT2D eigenvalue weighted by Crippen LogP contribution is -2.20. The maximum Gasteiger partial charge on any atom is 0.315 e. The molecule has 0 bridgehead atoms. The Balaban J connectivity index is 1.52. The number of hydrogen-bond donors (Lipinski definition) is 3. The molecule has 6 nitrogen and oxygen atoms in total. The Hall–Kier alpha value is -2.80. The van der Waals surface area contributed by atoms with Gasteiger partial charge in [-0.2, -0.15) is 5.10 Å². The largest absolute Gasteiger partial charge is 0.507 e. The number of thioether (sulfide) groups is 1. The van der Waals surface area contributed by atoms with Gasteiger partial charge in [-0.05, 0) is 36.0 Å². The molecule has 0 saturated heterocycles. The van der Waals surface area contributed by atoms with Crippen LogP contribution in [-0.2, 0) is 4.79 Å². The van der Waals surface area contributed by atoms with Crippen LogP contribution in [0.15, 0.2) is 58.8 Å². The van der Waals surface area contributed by atoms with Crippen LogP contribution in [0.5, 0.6) is 5.75 Å². The number of aromatic nitrogens is 2. The summed E-state index contributed by atoms with van der Waals surface area (Å²) >= 11 is 1.36. The summed E-state index contributed by atoms with van der Waals surface area (Å²) in [5, 5.41) is 14.2. The van der Waals surface area contributed by atoms with Crippen LogP contribution in [0.3, 0.4) is 0 Å². The van der Waals surface area contributed by atoms with Gasteiger partial charge in [0.2, 0.25) is 0 Å². The maximum absolute atomic E-state index is 11.8. The summed E-state index contributed by atoms with van der Waals surface area (Å²) in [4.78, 5) is 18.2. The Morgan fingerprint density at radius 1 is 1.26 bits per heavy atom. The number of aromatic amines is 2. The van der Waals surface area contributed by atoms with Crippen LogP contribution in [-0.4, -0.2) is 28.0 Å². The van der Waals surface area contributed by atoms with E-state index in [1.165, 1.54) is 18.0 Å². The number of aromatic hydroxyl groups is 1. The minimum atomic E-state index is -0.228. The fraction of sp³-hybridized carbons (Fsp3) is 0.0625. The molecule has 7 heteroatoms. The Morgan fingerprint density at radius 3 is 2.87 bits per heavy atom. The van der Waals surface area contributed by atoms with E-state index in [0.29, 0.717) is 5.56 Å². The molecule has 4 N–H and O–H groups in total. The highest BCUT2D eigenvalue weighted by atomic mass is 32.2. The number of hydrogen-bond acceptors (Lipinski definition) is 4. The van der Waals surface area contributed by atoms with Gasteiger partial charge in [-0.3, -0.25) is 4.79 Å². The number of para-hydroxylation sites is 3. The predicted octanol–water partition coefficient (Wildman–Crippen LogP) is 1.93. The number of carbonyl (C=O) groups is 1. The van der Waals surface area contributed by atoms with Crippen molar-refractivity contribution < 1.29 is 14.9 Å². The number of benzene rings is 2. The second-order valence-corrected chi connectivity index (χ2v) is 5.75. The number of fused-ring (bicyclic) bond motifs is 1. The summed E-state index contributed by atoms with van der Waals surface area (Å²) in [5.41, 5.74) is 4.97. The smallest absolute Gasteiger partial charge is 0.315 e. The van der Waals surface area contributed by atoms with Gasteiger partial charge in [-0.15, -0.1) is 0 Å². The van der Waals surface area contributed by atoms with E-state index >= 15 is 0 Å². The van der Waals surface area contributed by atoms with E-state index in [0.717, 1.165) is 16.2 Å². The van der Waals surface area contributed by atoms with Crippen molar-refractivity contribution in [2.24, 2.45) is 5.10 Å². The maximum atomic E-state index is 11.8. The molecule has 116 valence electrons. The van der Waals surface area contributed by atoms with Gasteiger partial charge in [0.05, 0.1) is 12.0 Å². The summed E-state index contributed by atoms with van der Waals surface area (Å²) in [6.07, 6.45) is 1.41. The van der Waals surface area contributed by atoms with Crippen LogP contribution in [0.25, 0.3) is 11.0 Å². The van der Waals surface area contributed by atoms with Crippen LogP contribution in [0.4, 0.5) is 0 Å². The second-order valence-electron chi connectivity index (χ2n) is 4.77. The molecular formula is C16H15N4O2S+. The second kappa shape index (κ2) is 6.97. The molecule has 23 heavy (non-hydrogen) atoms. The van der Waals surface area contributed by atoms with E-state index in [1.54, 1.807) is 24.3 Å². The number of nitrogens with zero attached hydrogens (tertiary/aromatic N) is 1. The topological polar surface area (TPSA) is 91.6 Å². The number of hydrazone groups is 1. The zero-order chi connectivity index (χ0) is 16.1. The SMILES string of the molecule is O=C(CSc1[nH]c2ccccc2[nH+]1)N/N=C/c1ccccc1O. The lowest BCUT2D eigenvalue weighted by molar-refractivity contribution is -0.396. The van der Waals surface area contributed by atoms with Crippen molar-refractivity contribution in [1.29, 1.82) is 0 Å². The molecule has 2 aromatic carbocycles. The van der Waals surface area contributed by atoms with Crippen molar-refractivity contribution in [3.8, 4) is 5.75 Å². The van der Waals surface area contributed by atoms with Crippen LogP contribution in [0, 0.1) is 0 Å². The van der Waals surface area contributed by atoms with Crippen LogP contribution in [0.1, 0.15) is 5.56 Å². The van der Waals surface area contributed by atoms with Crippen molar-refractivity contribution in [3.05, 3.63) is 54.1 Å². The highest BCUT2D eigenvalue weighted by Gasteiger charge is 2.11. The third kappa shape index (κ3) is 3.89. The first-order valence-corrected chi connectivity index (χ1v) is 7.93. The van der Waals surface area contributed by atoms with E-state index in [2.05, 4.69) is 20.5 Å². The molecule has 0 atom stereocenters. The Bertz CT molecular complexity index is 827. The van der Waals surface area contributed by atoms with Gasteiger partial charge >= 0.3 is 5.16 Å². The number of carbonyl (C=O) groups excluding carboxylic acids is 1. The average Bonchev–Trinajstić information content (AvgIpc) is 2.98. The van der Waals surface area contributed by atoms with Gasteiger partial charge < -0.3 is 5.11 Å². The summed E-state index contributed by atoms with van der Waals surface area (Å²) in [5.74, 6) is 0.114. The molecule has 1 amide bonds. The van der Waals surface area contributed by atoms with Crippen molar-refractivity contribution in [3.63, 3.8) is 0 Å². The van der Waals surface area contributed by atoms with Gasteiger partial charge in [0, 0.05) is 5.56 Å². The number of phenolic OH excluding ortho intramolecular Hbond substituents is 1. The third-order valence-corrected chi connectivity index (χ3v) is 4.00. The number of imidazole rings is 1. The standard InChI is InChI=1S/C16H14N4O2S/c21-14-8-4-1-5-11(14)9-17-20-15(22)10-23-16-18-12-6-2-3-7-13(12)19-16/h1-9,21H,10H2,(H,18,19)(H,20,22)/p+1/b17-9+. The molecule has 0 unspecified atom stereocenters. The lowest BCUT2D eigenvalue weighted by Gasteiger charge is -1.98. The molecule has 0 aliphatic carbocycles. The third-order valence-electron chi connectivity index (χ3n) is 3.10. The highest BCUT2D eigenvalue weighted by Crippen LogP contribution is 2.15. The number of H-pyrrole nitrogens is 2. The summed E-state index contributed by atoms with van der Waals surface area (Å²) in [7, 11) is 0. The highest BCUT2D eigenvalue weighted by molar-refractivity contribution is 7.99. The van der Waals surface area contributed by atoms with Crippen LogP contribution < -0.4 is 10.4 Å². The molecular weight excluding hydrogens is 312 g/mol. The first-order chi connectivity index (χ1) is 11.2. The lowest BCUT2D eigenvalue weighted by atomic mass is 10.2. The number of amides is 1. The van der Waals surface area contributed by atoms with Crippen molar-refractivity contribution in [1.82, 2.24) is 10.4 Å². The van der Waals surface area contributed by atoms with E-state index in [9.17, 15) is 9.90 Å². The van der Waals surface area contributed by atoms with Gasteiger partial charge in [0.25, 0.3) is 5.91 Å². The number of phenols is 1. The molecule has 0 aliphatic heterocycles. The monoisotopic (exact) mass is 327 g/mol. The van der Waals surface area contributed by atoms with Gasteiger partial charge in [0.15, 0.2) is 11.0 Å². The molecule has 0 spiro atoms. The Labute approximate surface area is 136 Å². The van der Waals surface area contributed by atoms with Crippen molar-refractivity contribution >= 4 is 34.9 Å². The van der Waals surface area contributed by atoms with E-state index < -0.39 is 0 Å². The molecule has 0 fully saturated rings. The predicted molar refractivity (Wildman–Crippen MR) is 89.4 cm³/mol. The van der Waals surface area contributed by atoms with Gasteiger partial charge in [-0.1, -0.05) is 24.3 Å². The van der Waals surface area contributed by atoms with Crippen LogP contribution in [0.2, 0.25) is 0 Å². The minimum absolute atomic E-state index is 0.118. The molecule has 3 aromatic rings. The zero-order valence-corrected chi connectivity index (χ0v) is 12.9. The first kappa shape index (κ1) is 15.1. The number of rotatable bonds is 5.